The van der Waals surface area contributed by atoms with E-state index in [0.717, 1.165) is 0 Å². The Hall–Kier alpha value is -2.96. The number of fused-ring (bicyclic) bond motifs is 1. The molecule has 3 rings (SSSR count). The number of carbonyl (C=O) groups is 3. The van der Waals surface area contributed by atoms with E-state index in [1.54, 1.807) is 26.0 Å². The minimum Gasteiger partial charge on any atom is -0.508 e. The van der Waals surface area contributed by atoms with Gasteiger partial charge in [0.25, 0.3) is 0 Å². The van der Waals surface area contributed by atoms with Crippen LogP contribution in [0, 0.1) is 17.8 Å². The van der Waals surface area contributed by atoms with E-state index in [4.69, 9.17) is 9.47 Å². The lowest BCUT2D eigenvalue weighted by molar-refractivity contribution is -0.152. The lowest BCUT2D eigenvalue weighted by Crippen LogP contribution is -2.48. The van der Waals surface area contributed by atoms with Crippen LogP contribution >= 0.6 is 0 Å². The van der Waals surface area contributed by atoms with Crippen molar-refractivity contribution in [2.75, 3.05) is 13.7 Å². The third kappa shape index (κ3) is 3.69. The summed E-state index contributed by atoms with van der Waals surface area (Å²) in [4.78, 5) is 43.1. The molecule has 1 aliphatic heterocycles. The molecule has 1 aliphatic carbocycles. The van der Waals surface area contributed by atoms with Gasteiger partial charge in [-0.1, -0.05) is 19.1 Å². The molecule has 0 aromatic heterocycles. The van der Waals surface area contributed by atoms with Gasteiger partial charge in [-0.25, -0.2) is 4.79 Å². The maximum atomic E-state index is 13.4. The van der Waals surface area contributed by atoms with Crippen LogP contribution in [-0.4, -0.2) is 42.3 Å². The Morgan fingerprint density at radius 3 is 2.45 bits per heavy atom. The number of carbonyl (C=O) groups excluding carboxylic acids is 3. The molecule has 7 heteroatoms. The van der Waals surface area contributed by atoms with Crippen molar-refractivity contribution in [3.63, 3.8) is 0 Å². The standard InChI is InChI=1S/C22H25NO6/c1-5-29-22(27)17-12(3)23-15-10-11(2)16(21(26)28-4)20(25)19(15)18(17)13-6-8-14(24)9-7-13/h6-9,11,16,18-19,24H,5,10H2,1-4H3/t11-,16-,18-,19-/m1/s1. The van der Waals surface area contributed by atoms with Gasteiger partial charge in [-0.2, -0.15) is 0 Å². The van der Waals surface area contributed by atoms with Crippen LogP contribution in [0.25, 0.3) is 0 Å². The van der Waals surface area contributed by atoms with Gasteiger partial charge in [-0.3, -0.25) is 14.6 Å². The van der Waals surface area contributed by atoms with Crippen molar-refractivity contribution in [3.05, 3.63) is 41.1 Å². The van der Waals surface area contributed by atoms with Gasteiger partial charge in [0.1, 0.15) is 11.7 Å². The highest BCUT2D eigenvalue weighted by Gasteiger charge is 2.51. The average Bonchev–Trinajstić information content (AvgIpc) is 2.67. The molecule has 0 radical (unpaired) electrons. The van der Waals surface area contributed by atoms with Crippen molar-refractivity contribution in [1.82, 2.24) is 0 Å². The number of aromatic hydroxyl groups is 1. The van der Waals surface area contributed by atoms with Crippen molar-refractivity contribution in [3.8, 4) is 5.75 Å². The number of Topliss-reactive ketones (excluding diaryl/α,β-unsaturated/α-hetero) is 1. The number of phenolic OH excluding ortho intramolecular Hbond substituents is 1. The zero-order valence-corrected chi connectivity index (χ0v) is 17.0. The van der Waals surface area contributed by atoms with Gasteiger partial charge in [0.2, 0.25) is 0 Å². The minimum absolute atomic E-state index is 0.0767. The van der Waals surface area contributed by atoms with Crippen molar-refractivity contribution in [2.24, 2.45) is 22.7 Å². The van der Waals surface area contributed by atoms with E-state index in [0.29, 0.717) is 29.0 Å². The smallest absolute Gasteiger partial charge is 0.336 e. The Labute approximate surface area is 169 Å². The van der Waals surface area contributed by atoms with Crippen molar-refractivity contribution in [2.45, 2.75) is 33.1 Å². The molecule has 1 fully saturated rings. The van der Waals surface area contributed by atoms with Crippen LogP contribution in [0.5, 0.6) is 5.75 Å². The Kier molecular flexibility index (Phi) is 5.86. The van der Waals surface area contributed by atoms with Gasteiger partial charge in [0, 0.05) is 17.3 Å². The summed E-state index contributed by atoms with van der Waals surface area (Å²) in [5.41, 5.74) is 2.14. The molecule has 0 unspecified atom stereocenters. The SMILES string of the molecule is CCOC(=O)C1=C(C)N=C2C[C@@H](C)[C@@H](C(=O)OC)C(=O)[C@H]2[C@@H]1c1ccc(O)cc1. The quantitative estimate of drug-likeness (QED) is 0.617. The molecule has 1 saturated carbocycles. The Bertz CT molecular complexity index is 898. The third-order valence-electron chi connectivity index (χ3n) is 5.62. The first kappa shape index (κ1) is 20.8. The second kappa shape index (κ2) is 8.19. The predicted octanol–water partition coefficient (Wildman–Crippen LogP) is 2.78. The first-order chi connectivity index (χ1) is 13.8. The zero-order valence-electron chi connectivity index (χ0n) is 17.0. The molecular weight excluding hydrogens is 374 g/mol. The van der Waals surface area contributed by atoms with Crippen LogP contribution in [0.3, 0.4) is 0 Å². The van der Waals surface area contributed by atoms with Crippen LogP contribution in [0.15, 0.2) is 40.5 Å². The molecule has 0 saturated heterocycles. The maximum Gasteiger partial charge on any atom is 0.336 e. The van der Waals surface area contributed by atoms with E-state index in [-0.39, 0.29) is 24.1 Å². The van der Waals surface area contributed by atoms with E-state index < -0.39 is 29.7 Å². The molecular formula is C22H25NO6. The summed E-state index contributed by atoms with van der Waals surface area (Å²) in [7, 11) is 1.26. The highest BCUT2D eigenvalue weighted by atomic mass is 16.5. The van der Waals surface area contributed by atoms with Crippen LogP contribution < -0.4 is 0 Å². The summed E-state index contributed by atoms with van der Waals surface area (Å²) >= 11 is 0. The number of methoxy groups -OCH3 is 1. The van der Waals surface area contributed by atoms with Gasteiger partial charge >= 0.3 is 11.9 Å². The fourth-order valence-electron chi connectivity index (χ4n) is 4.35. The summed E-state index contributed by atoms with van der Waals surface area (Å²) in [6.07, 6.45) is 0.457. The van der Waals surface area contributed by atoms with E-state index in [1.807, 2.05) is 6.92 Å². The number of aliphatic imine (C=N–C) groups is 1. The molecule has 0 spiro atoms. The fraction of sp³-hybridized carbons (Fsp3) is 0.455. The van der Waals surface area contributed by atoms with Crippen LogP contribution in [0.2, 0.25) is 0 Å². The number of benzene rings is 1. The molecule has 1 heterocycles. The summed E-state index contributed by atoms with van der Waals surface area (Å²) < 4.78 is 10.1. The number of allylic oxidation sites excluding steroid dienone is 1. The number of phenols is 1. The highest BCUT2D eigenvalue weighted by Crippen LogP contribution is 2.46. The number of rotatable bonds is 4. The number of nitrogens with zero attached hydrogens (tertiary/aromatic N) is 1. The molecule has 0 amide bonds. The summed E-state index contributed by atoms with van der Waals surface area (Å²) in [5, 5.41) is 9.68. The molecule has 29 heavy (non-hydrogen) atoms. The molecule has 154 valence electrons. The van der Waals surface area contributed by atoms with Crippen molar-refractivity contribution in [1.29, 1.82) is 0 Å². The molecule has 7 nitrogen and oxygen atoms in total. The highest BCUT2D eigenvalue weighted by molar-refractivity contribution is 6.17. The largest absolute Gasteiger partial charge is 0.508 e. The maximum absolute atomic E-state index is 13.4. The Balaban J connectivity index is 2.17. The van der Waals surface area contributed by atoms with E-state index in [2.05, 4.69) is 4.99 Å². The monoisotopic (exact) mass is 399 g/mol. The lowest BCUT2D eigenvalue weighted by Gasteiger charge is -2.40. The van der Waals surface area contributed by atoms with Gasteiger partial charge < -0.3 is 14.6 Å². The van der Waals surface area contributed by atoms with E-state index in [9.17, 15) is 19.5 Å². The molecule has 0 bridgehead atoms. The first-order valence-corrected chi connectivity index (χ1v) is 9.65. The number of ketones is 1. The molecule has 1 aromatic rings. The molecule has 4 atom stereocenters. The van der Waals surface area contributed by atoms with Crippen molar-refractivity contribution < 1.29 is 29.0 Å². The lowest BCUT2D eigenvalue weighted by atomic mass is 9.64. The zero-order chi connectivity index (χ0) is 21.3. The number of hydrogen-bond acceptors (Lipinski definition) is 7. The second-order valence-corrected chi connectivity index (χ2v) is 7.45. The molecule has 1 N–H and O–H groups in total. The van der Waals surface area contributed by atoms with Crippen molar-refractivity contribution >= 4 is 23.4 Å². The molecule has 2 aliphatic rings. The van der Waals surface area contributed by atoms with E-state index in [1.165, 1.54) is 19.2 Å². The second-order valence-electron chi connectivity index (χ2n) is 7.45. The first-order valence-electron chi connectivity index (χ1n) is 9.65. The van der Waals surface area contributed by atoms with Gasteiger partial charge in [-0.05, 0) is 43.9 Å². The van der Waals surface area contributed by atoms with E-state index >= 15 is 0 Å². The minimum atomic E-state index is -0.912. The van der Waals surface area contributed by atoms with Crippen LogP contribution in [0.1, 0.15) is 38.7 Å². The number of hydrogen-bond donors (Lipinski definition) is 1. The van der Waals surface area contributed by atoms with Gasteiger partial charge in [0.05, 0.1) is 25.2 Å². The van der Waals surface area contributed by atoms with Gasteiger partial charge in [0.15, 0.2) is 5.78 Å². The summed E-state index contributed by atoms with van der Waals surface area (Å²) in [6.45, 7) is 5.45. The summed E-state index contributed by atoms with van der Waals surface area (Å²) in [5.74, 6) is -3.90. The normalized spacial score (nSPS) is 26.5. The van der Waals surface area contributed by atoms with Crippen LogP contribution in [-0.2, 0) is 23.9 Å². The fourth-order valence-corrected chi connectivity index (χ4v) is 4.35. The Morgan fingerprint density at radius 1 is 1.21 bits per heavy atom. The third-order valence-corrected chi connectivity index (χ3v) is 5.62. The topological polar surface area (TPSA) is 102 Å². The Morgan fingerprint density at radius 2 is 1.86 bits per heavy atom. The van der Waals surface area contributed by atoms with Crippen LogP contribution in [0.4, 0.5) is 0 Å². The van der Waals surface area contributed by atoms with Gasteiger partial charge in [-0.15, -0.1) is 0 Å². The summed E-state index contributed by atoms with van der Waals surface area (Å²) in [6, 6.07) is 6.36. The number of ether oxygens (including phenoxy) is 2. The predicted molar refractivity (Wildman–Crippen MR) is 105 cm³/mol. The molecule has 1 aromatic carbocycles. The average molecular weight is 399 g/mol. The number of esters is 2.